The summed E-state index contributed by atoms with van der Waals surface area (Å²) in [4.78, 5) is 10.2. The van der Waals surface area contributed by atoms with Crippen LogP contribution in [0.1, 0.15) is 22.9 Å². The molecule has 0 spiro atoms. The number of thiophene rings is 1. The molecule has 0 bridgehead atoms. The molecule has 0 radical (unpaired) electrons. The molecule has 9 aromatic carbocycles. The standard InChI is InChI=1S/C57H37N5S/c1-4-16-36(17-5-1)39-22-14-24-41(34-39)61-46-28-12-10-26-43(46)51-48(61)32-33-50-53(51)45-30-31-49-52(54(45)63-50)44-27-11-13-29-47(44)62(49)42-25-15-23-40(35-42)57-59-55(37-18-6-2-7-19-37)58-56(60-57)38-20-8-3-9-21-38/h1-35,57H,(H,58,59,60). The molecule has 0 saturated carbocycles. The van der Waals surface area contributed by atoms with Gasteiger partial charge in [0.25, 0.3) is 0 Å². The fourth-order valence-corrected chi connectivity index (χ4v) is 11.0. The number of nitrogens with one attached hydrogen (secondary N) is 1. The Morgan fingerprint density at radius 1 is 0.413 bits per heavy atom. The highest BCUT2D eigenvalue weighted by Crippen LogP contribution is 2.48. The largest absolute Gasteiger partial charge is 0.344 e. The molecule has 0 saturated heterocycles. The first-order valence-corrected chi connectivity index (χ1v) is 22.2. The molecule has 3 aromatic heterocycles. The fourth-order valence-electron chi connectivity index (χ4n) is 9.76. The second kappa shape index (κ2) is 14.3. The van der Waals surface area contributed by atoms with Gasteiger partial charge in [-0.3, -0.25) is 0 Å². The first kappa shape index (κ1) is 35.7. The molecule has 0 fully saturated rings. The molecule has 1 N–H and O–H groups in total. The number of nitrogens with zero attached hydrogens (tertiary/aromatic N) is 4. The first-order chi connectivity index (χ1) is 31.2. The number of hydrogen-bond donors (Lipinski definition) is 1. The summed E-state index contributed by atoms with van der Waals surface area (Å²) < 4.78 is 7.46. The summed E-state index contributed by atoms with van der Waals surface area (Å²) in [7, 11) is 0. The molecule has 13 rings (SSSR count). The van der Waals surface area contributed by atoms with E-state index in [1.165, 1.54) is 74.9 Å². The lowest BCUT2D eigenvalue weighted by atomic mass is 10.0. The highest BCUT2D eigenvalue weighted by Gasteiger charge is 2.24. The van der Waals surface area contributed by atoms with Gasteiger partial charge < -0.3 is 14.5 Å². The van der Waals surface area contributed by atoms with Crippen LogP contribution >= 0.6 is 11.3 Å². The molecule has 0 amide bonds. The van der Waals surface area contributed by atoms with Gasteiger partial charge in [-0.1, -0.05) is 158 Å². The molecule has 1 unspecified atom stereocenters. The maximum absolute atomic E-state index is 5.20. The van der Waals surface area contributed by atoms with Gasteiger partial charge in [0, 0.05) is 64.2 Å². The predicted molar refractivity (Wildman–Crippen MR) is 265 cm³/mol. The van der Waals surface area contributed by atoms with Crippen molar-refractivity contribution in [3.8, 4) is 22.5 Å². The normalized spacial score (nSPS) is 14.2. The molecular weight excluding hydrogens is 787 g/mol. The lowest BCUT2D eigenvalue weighted by molar-refractivity contribution is 0.674. The Morgan fingerprint density at radius 3 is 1.71 bits per heavy atom. The van der Waals surface area contributed by atoms with Gasteiger partial charge in [-0.2, -0.15) is 0 Å². The van der Waals surface area contributed by atoms with Gasteiger partial charge in [0.15, 0.2) is 5.84 Å². The van der Waals surface area contributed by atoms with Crippen LogP contribution in [0, 0.1) is 0 Å². The smallest absolute Gasteiger partial charge is 0.159 e. The summed E-state index contributed by atoms with van der Waals surface area (Å²) in [6.45, 7) is 0. The molecule has 1 aliphatic rings. The van der Waals surface area contributed by atoms with E-state index in [1.807, 2.05) is 47.7 Å². The van der Waals surface area contributed by atoms with Gasteiger partial charge in [-0.05, 0) is 71.3 Å². The van der Waals surface area contributed by atoms with Crippen molar-refractivity contribution in [1.29, 1.82) is 0 Å². The van der Waals surface area contributed by atoms with E-state index < -0.39 is 0 Å². The van der Waals surface area contributed by atoms with Crippen LogP contribution in [0.4, 0.5) is 0 Å². The van der Waals surface area contributed by atoms with Gasteiger partial charge in [-0.25, -0.2) is 9.98 Å². The summed E-state index contributed by atoms with van der Waals surface area (Å²) in [6, 6.07) is 76.0. The van der Waals surface area contributed by atoms with Crippen molar-refractivity contribution >= 4 is 86.8 Å². The van der Waals surface area contributed by atoms with Gasteiger partial charge in [0.1, 0.15) is 12.0 Å². The third kappa shape index (κ3) is 5.69. The van der Waals surface area contributed by atoms with Crippen LogP contribution in [0.2, 0.25) is 0 Å². The van der Waals surface area contributed by atoms with E-state index in [0.717, 1.165) is 33.9 Å². The van der Waals surface area contributed by atoms with Crippen molar-refractivity contribution in [2.24, 2.45) is 9.98 Å². The van der Waals surface area contributed by atoms with Crippen molar-refractivity contribution in [1.82, 2.24) is 14.5 Å². The lowest BCUT2D eigenvalue weighted by Gasteiger charge is -2.24. The number of aromatic nitrogens is 2. The van der Waals surface area contributed by atoms with E-state index >= 15 is 0 Å². The van der Waals surface area contributed by atoms with E-state index in [-0.39, 0.29) is 6.17 Å². The monoisotopic (exact) mass is 823 g/mol. The Balaban J connectivity index is 0.989. The maximum atomic E-state index is 5.20. The Bertz CT molecular complexity index is 3820. The molecule has 5 nitrogen and oxygen atoms in total. The van der Waals surface area contributed by atoms with Crippen molar-refractivity contribution in [2.75, 3.05) is 0 Å². The topological polar surface area (TPSA) is 46.6 Å². The SMILES string of the molecule is c1ccc(C2=NC(c3cccc(-n4c5ccccc5c5c6sc7ccc8c(c9ccccc9n8-c8cccc(-c9ccccc9)c8)c7c6ccc54)c3)NC(c3ccccc3)=N2)cc1. The van der Waals surface area contributed by atoms with Crippen LogP contribution in [0.25, 0.3) is 86.3 Å². The summed E-state index contributed by atoms with van der Waals surface area (Å²) in [6.07, 6.45) is -0.333. The van der Waals surface area contributed by atoms with Gasteiger partial charge >= 0.3 is 0 Å². The minimum atomic E-state index is -0.333. The lowest BCUT2D eigenvalue weighted by Crippen LogP contribution is -2.33. The van der Waals surface area contributed by atoms with Crippen LogP contribution in [0.3, 0.4) is 0 Å². The van der Waals surface area contributed by atoms with Crippen molar-refractivity contribution < 1.29 is 0 Å². The van der Waals surface area contributed by atoms with E-state index in [0.29, 0.717) is 5.84 Å². The molecule has 63 heavy (non-hydrogen) atoms. The summed E-state index contributed by atoms with van der Waals surface area (Å²) in [5, 5.41) is 11.3. The zero-order valence-electron chi connectivity index (χ0n) is 34.0. The van der Waals surface area contributed by atoms with E-state index in [4.69, 9.17) is 9.98 Å². The van der Waals surface area contributed by atoms with Crippen molar-refractivity contribution in [2.45, 2.75) is 6.17 Å². The molecule has 296 valence electrons. The maximum Gasteiger partial charge on any atom is 0.159 e. The Morgan fingerprint density at radius 2 is 0.984 bits per heavy atom. The van der Waals surface area contributed by atoms with E-state index in [1.54, 1.807) is 0 Å². The third-order valence-electron chi connectivity index (χ3n) is 12.5. The first-order valence-electron chi connectivity index (χ1n) is 21.4. The number of fused-ring (bicyclic) bond motifs is 11. The molecule has 1 atom stereocenters. The van der Waals surface area contributed by atoms with Crippen LogP contribution < -0.4 is 5.32 Å². The summed E-state index contributed by atoms with van der Waals surface area (Å²) in [5.41, 5.74) is 12.5. The number of rotatable bonds is 6. The molecule has 4 heterocycles. The van der Waals surface area contributed by atoms with E-state index in [9.17, 15) is 0 Å². The molecule has 0 aliphatic carbocycles. The van der Waals surface area contributed by atoms with Crippen LogP contribution in [-0.4, -0.2) is 20.8 Å². The summed E-state index contributed by atoms with van der Waals surface area (Å²) >= 11 is 1.90. The number of para-hydroxylation sites is 2. The van der Waals surface area contributed by atoms with Crippen molar-refractivity contribution in [3.63, 3.8) is 0 Å². The third-order valence-corrected chi connectivity index (χ3v) is 13.7. The highest BCUT2D eigenvalue weighted by molar-refractivity contribution is 7.27. The average Bonchev–Trinajstić information content (AvgIpc) is 4.02. The minimum absolute atomic E-state index is 0.333. The molecule has 12 aromatic rings. The van der Waals surface area contributed by atoms with Crippen LogP contribution in [0.5, 0.6) is 0 Å². The Labute approximate surface area is 367 Å². The van der Waals surface area contributed by atoms with Crippen LogP contribution in [0.15, 0.2) is 222 Å². The quantitative estimate of drug-likeness (QED) is 0.178. The fraction of sp³-hybridized carbons (Fsp3) is 0.0175. The Hall–Kier alpha value is -8.06. The zero-order valence-corrected chi connectivity index (χ0v) is 34.8. The second-order valence-electron chi connectivity index (χ2n) is 16.2. The van der Waals surface area contributed by atoms with Crippen molar-refractivity contribution in [3.05, 3.63) is 229 Å². The number of amidine groups is 2. The molecular formula is C57H37N5S. The zero-order chi connectivity index (χ0) is 41.4. The highest BCUT2D eigenvalue weighted by atomic mass is 32.1. The predicted octanol–water partition coefficient (Wildman–Crippen LogP) is 14.4. The molecule has 6 heteroatoms. The van der Waals surface area contributed by atoms with Gasteiger partial charge in [-0.15, -0.1) is 11.3 Å². The van der Waals surface area contributed by atoms with E-state index in [2.05, 4.69) is 190 Å². The average molecular weight is 824 g/mol. The Kier molecular flexibility index (Phi) is 8.08. The second-order valence-corrected chi connectivity index (χ2v) is 17.2. The van der Waals surface area contributed by atoms with Gasteiger partial charge in [0.05, 0.1) is 22.1 Å². The molecule has 1 aliphatic heterocycles. The number of hydrogen-bond acceptors (Lipinski definition) is 4. The van der Waals surface area contributed by atoms with Gasteiger partial charge in [0.2, 0.25) is 0 Å². The number of aliphatic imine (C=N–C) groups is 2. The minimum Gasteiger partial charge on any atom is -0.344 e. The summed E-state index contributed by atoms with van der Waals surface area (Å²) in [5.74, 6) is 1.52. The number of benzene rings is 9. The van der Waals surface area contributed by atoms with Crippen LogP contribution in [-0.2, 0) is 0 Å².